The normalized spacial score (nSPS) is 14.0. The van der Waals surface area contributed by atoms with Gasteiger partial charge in [-0.3, -0.25) is 0 Å². The SMILES string of the molecule is c1ccc(-c2ccccc2N(c2ccc3c(c2)C2(C4=C3C3(c5cc(N(c6ccccc6-c6ccccc6)c6cccc7c6sc6ccccc67)ccc54)c4ccccc4-c4ccccc43)c3ccccc3-c3ccccc32)c2cccc3c2sc2ccccc23)cc1. The lowest BCUT2D eigenvalue weighted by Crippen LogP contribution is -2.29. The highest BCUT2D eigenvalue weighted by molar-refractivity contribution is 7.26. The summed E-state index contributed by atoms with van der Waals surface area (Å²) in [5, 5.41) is 5.09. The fourth-order valence-electron chi connectivity index (χ4n) is 17.0. The number of thiophene rings is 2. The highest BCUT2D eigenvalue weighted by Crippen LogP contribution is 2.75. The molecule has 2 nitrogen and oxygen atoms in total. The van der Waals surface area contributed by atoms with Gasteiger partial charge in [-0.15, -0.1) is 22.7 Å². The molecule has 0 N–H and O–H groups in total. The minimum absolute atomic E-state index is 0.739. The Balaban J connectivity index is 0.903. The second-order valence-electron chi connectivity index (χ2n) is 24.8. The van der Waals surface area contributed by atoms with Gasteiger partial charge >= 0.3 is 0 Å². The number of fused-ring (bicyclic) bond motifs is 24. The van der Waals surface area contributed by atoms with Crippen molar-refractivity contribution in [3.05, 3.63) is 372 Å². The van der Waals surface area contributed by atoms with Crippen LogP contribution in [0.5, 0.6) is 0 Å². The molecule has 0 radical (unpaired) electrons. The molecule has 14 aromatic carbocycles. The molecule has 2 aromatic heterocycles. The molecule has 2 spiro atoms. The van der Waals surface area contributed by atoms with E-state index in [1.165, 1.54) is 141 Å². The summed E-state index contributed by atoms with van der Waals surface area (Å²) in [6, 6.07) is 124. The summed E-state index contributed by atoms with van der Waals surface area (Å²) in [6.07, 6.45) is 0. The number of anilines is 6. The van der Waals surface area contributed by atoms with Gasteiger partial charge in [-0.1, -0.05) is 267 Å². The van der Waals surface area contributed by atoms with Crippen LogP contribution in [-0.4, -0.2) is 0 Å². The number of rotatable bonds is 8. The van der Waals surface area contributed by atoms with Crippen molar-refractivity contribution in [2.24, 2.45) is 0 Å². The van der Waals surface area contributed by atoms with E-state index >= 15 is 0 Å². The highest BCUT2D eigenvalue weighted by Gasteiger charge is 2.63. The van der Waals surface area contributed by atoms with Gasteiger partial charge in [0.25, 0.3) is 0 Å². The molecule has 0 saturated carbocycles. The van der Waals surface area contributed by atoms with Crippen molar-refractivity contribution in [3.8, 4) is 44.5 Å². The second kappa shape index (κ2) is 19.7. The lowest BCUT2D eigenvalue weighted by Gasteiger charge is -2.37. The van der Waals surface area contributed by atoms with Crippen LogP contribution in [0, 0.1) is 0 Å². The zero-order valence-electron chi connectivity index (χ0n) is 49.9. The molecule has 0 fully saturated rings. The number of allylic oxidation sites excluding steroid dienone is 2. The van der Waals surface area contributed by atoms with Crippen LogP contribution >= 0.6 is 22.7 Å². The van der Waals surface area contributed by atoms with E-state index in [0.717, 1.165) is 34.1 Å². The van der Waals surface area contributed by atoms with Crippen LogP contribution in [0.25, 0.3) is 96.0 Å². The lowest BCUT2D eigenvalue weighted by atomic mass is 9.66. The van der Waals surface area contributed by atoms with Crippen LogP contribution in [0.1, 0.15) is 44.5 Å². The van der Waals surface area contributed by atoms with Gasteiger partial charge in [-0.05, 0) is 150 Å². The predicted molar refractivity (Wildman–Crippen MR) is 389 cm³/mol. The molecule has 4 aliphatic rings. The van der Waals surface area contributed by atoms with Crippen molar-refractivity contribution in [3.63, 3.8) is 0 Å². The van der Waals surface area contributed by atoms with Gasteiger partial charge < -0.3 is 9.80 Å². The Morgan fingerprint density at radius 2 is 0.533 bits per heavy atom. The summed E-state index contributed by atoms with van der Waals surface area (Å²) < 4.78 is 5.08. The average Bonchev–Trinajstić information content (AvgIpc) is 1.46. The summed E-state index contributed by atoms with van der Waals surface area (Å²) in [6.45, 7) is 0. The first-order valence-electron chi connectivity index (χ1n) is 31.8. The first-order valence-corrected chi connectivity index (χ1v) is 33.4. The van der Waals surface area contributed by atoms with Crippen molar-refractivity contribution in [2.75, 3.05) is 9.80 Å². The van der Waals surface area contributed by atoms with Crippen molar-refractivity contribution >= 4 is 108 Å². The van der Waals surface area contributed by atoms with Crippen molar-refractivity contribution < 1.29 is 0 Å². The molecule has 20 rings (SSSR count). The molecular formula is C88H54N2S2. The fraction of sp³-hybridized carbons (Fsp3) is 0.0227. The topological polar surface area (TPSA) is 6.48 Å². The summed E-state index contributed by atoms with van der Waals surface area (Å²) in [5.74, 6) is 0. The van der Waals surface area contributed by atoms with E-state index in [2.05, 4.69) is 337 Å². The lowest BCUT2D eigenvalue weighted by molar-refractivity contribution is 0.826. The molecule has 92 heavy (non-hydrogen) atoms. The largest absolute Gasteiger partial charge is 0.308 e. The van der Waals surface area contributed by atoms with Crippen LogP contribution in [0.15, 0.2) is 328 Å². The quantitative estimate of drug-likeness (QED) is 0.150. The van der Waals surface area contributed by atoms with Crippen LogP contribution < -0.4 is 9.80 Å². The van der Waals surface area contributed by atoms with Gasteiger partial charge in [0.2, 0.25) is 0 Å². The van der Waals surface area contributed by atoms with E-state index in [0.29, 0.717) is 0 Å². The summed E-state index contributed by atoms with van der Waals surface area (Å²) >= 11 is 3.77. The number of para-hydroxylation sites is 2. The van der Waals surface area contributed by atoms with Crippen LogP contribution in [0.4, 0.5) is 34.1 Å². The van der Waals surface area contributed by atoms with E-state index in [-0.39, 0.29) is 0 Å². The Labute approximate surface area is 541 Å². The zero-order valence-corrected chi connectivity index (χ0v) is 51.5. The molecule has 428 valence electrons. The molecule has 0 unspecified atom stereocenters. The van der Waals surface area contributed by atoms with Crippen LogP contribution in [-0.2, 0) is 10.8 Å². The summed E-state index contributed by atoms with van der Waals surface area (Å²) in [5.41, 5.74) is 28.2. The molecule has 0 atom stereocenters. The van der Waals surface area contributed by atoms with Gasteiger partial charge in [0.1, 0.15) is 0 Å². The minimum atomic E-state index is -0.739. The van der Waals surface area contributed by atoms with Crippen molar-refractivity contribution in [1.29, 1.82) is 0 Å². The van der Waals surface area contributed by atoms with E-state index in [9.17, 15) is 0 Å². The molecule has 0 saturated heterocycles. The molecule has 16 aromatic rings. The molecule has 4 aliphatic carbocycles. The third-order valence-electron chi connectivity index (χ3n) is 20.5. The first kappa shape index (κ1) is 51.7. The van der Waals surface area contributed by atoms with Gasteiger partial charge in [-0.2, -0.15) is 0 Å². The average molecular weight is 1200 g/mol. The van der Waals surface area contributed by atoms with E-state index in [1.807, 2.05) is 22.7 Å². The smallest absolute Gasteiger partial charge is 0.0729 e. The maximum atomic E-state index is 2.61. The van der Waals surface area contributed by atoms with E-state index in [1.54, 1.807) is 0 Å². The maximum absolute atomic E-state index is 2.61. The summed E-state index contributed by atoms with van der Waals surface area (Å²) in [7, 11) is 0. The Morgan fingerprint density at radius 3 is 0.935 bits per heavy atom. The second-order valence-corrected chi connectivity index (χ2v) is 26.9. The Bertz CT molecular complexity index is 5360. The van der Waals surface area contributed by atoms with Crippen LogP contribution in [0.2, 0.25) is 0 Å². The van der Waals surface area contributed by atoms with Crippen LogP contribution in [0.3, 0.4) is 0 Å². The third kappa shape index (κ3) is 6.92. The van der Waals surface area contributed by atoms with E-state index < -0.39 is 10.8 Å². The highest BCUT2D eigenvalue weighted by atomic mass is 32.1. The molecule has 0 bridgehead atoms. The first-order chi connectivity index (χ1) is 45.7. The maximum Gasteiger partial charge on any atom is 0.0729 e. The zero-order chi connectivity index (χ0) is 60.2. The number of benzene rings is 14. The number of nitrogens with zero attached hydrogens (tertiary/aromatic N) is 2. The van der Waals surface area contributed by atoms with Crippen molar-refractivity contribution in [2.45, 2.75) is 10.8 Å². The van der Waals surface area contributed by atoms with Gasteiger partial charge in [-0.25, -0.2) is 0 Å². The molecule has 0 aliphatic heterocycles. The summed E-state index contributed by atoms with van der Waals surface area (Å²) in [4.78, 5) is 5.17. The van der Waals surface area contributed by atoms with E-state index in [4.69, 9.17) is 0 Å². The van der Waals surface area contributed by atoms with Gasteiger partial charge in [0.15, 0.2) is 0 Å². The van der Waals surface area contributed by atoms with Gasteiger partial charge in [0, 0.05) is 53.4 Å². The van der Waals surface area contributed by atoms with Crippen molar-refractivity contribution in [1.82, 2.24) is 0 Å². The molecule has 4 heteroatoms. The standard InChI is InChI=1S/C88H54N2S2/c1-3-25-55(26-4-1)59-29-11-19-43-77(59)89(79-45-23-37-67-65-35-13-21-47-81(65)91-85(67)79)57-49-51-69-75(53-57)87(71-39-15-7-31-61(71)62-32-8-16-40-72(62)87)84-70-52-50-58(54-76(70)88(83(69)84)73-41-17-9-33-63(73)64-34-10-18-42-74(64)88)90(78-44-20-12-30-60(78)56-27-5-2-6-28-56)80-46-24-38-68-66-36-14-22-48-82(66)92-86(68)80/h1-54H. The third-order valence-corrected chi connectivity index (χ3v) is 22.9. The Morgan fingerprint density at radius 1 is 0.217 bits per heavy atom. The Hall–Kier alpha value is -11.1. The minimum Gasteiger partial charge on any atom is -0.308 e. The predicted octanol–water partition coefficient (Wildman–Crippen LogP) is 24.3. The molecule has 0 amide bonds. The fourth-order valence-corrected chi connectivity index (χ4v) is 19.4. The number of hydrogen-bond donors (Lipinski definition) is 0. The monoisotopic (exact) mass is 1200 g/mol. The molecular weight excluding hydrogens is 1150 g/mol. The van der Waals surface area contributed by atoms with Gasteiger partial charge in [0.05, 0.1) is 43.0 Å². The molecule has 2 heterocycles. The Kier molecular flexibility index (Phi) is 11.1. The number of hydrogen-bond acceptors (Lipinski definition) is 4.